The van der Waals surface area contributed by atoms with Gasteiger partial charge in [-0.25, -0.2) is 14.4 Å². The maximum absolute atomic E-state index is 11.0. The number of alkyl carbamates (subject to hydrolysis) is 3. The predicted molar refractivity (Wildman–Crippen MR) is 173 cm³/mol. The van der Waals surface area contributed by atoms with E-state index in [1.54, 1.807) is 0 Å². The van der Waals surface area contributed by atoms with Crippen molar-refractivity contribution in [2.45, 2.75) is 99.7 Å². The number of nitrogens with one attached hydrogen (secondary N) is 3. The second-order valence-electron chi connectivity index (χ2n) is 8.52. The van der Waals surface area contributed by atoms with Crippen LogP contribution in [0.2, 0.25) is 0 Å². The zero-order valence-corrected chi connectivity index (χ0v) is 29.4. The van der Waals surface area contributed by atoms with Crippen molar-refractivity contribution in [3.8, 4) is 0 Å². The molecule has 0 saturated carbocycles. The van der Waals surface area contributed by atoms with Gasteiger partial charge in [0.25, 0.3) is 0 Å². The first-order chi connectivity index (χ1) is 19.6. The SMILES string of the molecule is CCCOC(=O)NC(C)COCC.CCCOC(=O)NC(C)COCC.CCCOC(=O)NC(C)COCC.CI.[H+]. The summed E-state index contributed by atoms with van der Waals surface area (Å²) in [5.41, 5.74) is 0. The molecule has 12 nitrogen and oxygen atoms in total. The van der Waals surface area contributed by atoms with Crippen LogP contribution >= 0.6 is 22.6 Å². The fourth-order valence-corrected chi connectivity index (χ4v) is 2.32. The van der Waals surface area contributed by atoms with E-state index in [2.05, 4.69) is 38.5 Å². The molecule has 0 aliphatic rings. The average molecular weight is 711 g/mol. The van der Waals surface area contributed by atoms with Crippen LogP contribution in [0, 0.1) is 0 Å². The molecule has 0 saturated heterocycles. The monoisotopic (exact) mass is 710 g/mol. The molecule has 3 N–H and O–H groups in total. The van der Waals surface area contributed by atoms with Crippen molar-refractivity contribution in [2.75, 3.05) is 64.4 Å². The summed E-state index contributed by atoms with van der Waals surface area (Å²) >= 11 is 2.15. The van der Waals surface area contributed by atoms with Gasteiger partial charge in [-0.05, 0) is 65.7 Å². The minimum Gasteiger partial charge on any atom is -0.450 e. The summed E-state index contributed by atoms with van der Waals surface area (Å²) in [6, 6.07) is 0.0120. The van der Waals surface area contributed by atoms with Crippen molar-refractivity contribution >= 4 is 40.9 Å². The Kier molecular flexibility index (Phi) is 43.5. The van der Waals surface area contributed by atoms with Gasteiger partial charge in [0.2, 0.25) is 0 Å². The molecule has 0 radical (unpaired) electrons. The second-order valence-corrected chi connectivity index (χ2v) is 8.52. The van der Waals surface area contributed by atoms with Gasteiger partial charge < -0.3 is 44.4 Å². The molecule has 13 heteroatoms. The maximum Gasteiger partial charge on any atom is 1.00 e. The highest BCUT2D eigenvalue weighted by atomic mass is 127. The molecule has 0 rings (SSSR count). The Hall–Kier alpha value is -1.58. The fourth-order valence-electron chi connectivity index (χ4n) is 2.32. The van der Waals surface area contributed by atoms with Crippen LogP contribution in [0.15, 0.2) is 0 Å². The molecule has 41 heavy (non-hydrogen) atoms. The third kappa shape index (κ3) is 43.0. The number of alkyl halides is 1. The normalized spacial score (nSPS) is 11.8. The Balaban J connectivity index is -0.000000156. The largest absolute Gasteiger partial charge is 1.00 e. The van der Waals surface area contributed by atoms with Crippen LogP contribution in [-0.2, 0) is 28.4 Å². The predicted octanol–water partition coefficient (Wildman–Crippen LogP) is 5.81. The summed E-state index contributed by atoms with van der Waals surface area (Å²) in [6.07, 6.45) is 1.42. The molecule has 0 aromatic rings. The van der Waals surface area contributed by atoms with Crippen molar-refractivity contribution in [3.63, 3.8) is 0 Å². The Morgan fingerprint density at radius 2 is 0.756 bits per heavy atom. The number of carbonyl (C=O) groups excluding carboxylic acids is 3. The van der Waals surface area contributed by atoms with Crippen LogP contribution in [-0.4, -0.2) is 101 Å². The van der Waals surface area contributed by atoms with Crippen LogP contribution in [0.1, 0.15) is 83.0 Å². The third-order valence-electron chi connectivity index (χ3n) is 4.12. The van der Waals surface area contributed by atoms with Gasteiger partial charge in [0.15, 0.2) is 0 Å². The smallest absolute Gasteiger partial charge is 0.450 e. The van der Waals surface area contributed by atoms with E-state index in [0.29, 0.717) is 59.5 Å². The van der Waals surface area contributed by atoms with Gasteiger partial charge in [-0.2, -0.15) is 0 Å². The van der Waals surface area contributed by atoms with E-state index in [1.165, 1.54) is 0 Å². The van der Waals surface area contributed by atoms with Crippen molar-refractivity contribution in [1.82, 2.24) is 16.0 Å². The van der Waals surface area contributed by atoms with Gasteiger partial charge in [-0.1, -0.05) is 43.4 Å². The molecule has 0 aliphatic carbocycles. The number of halogens is 1. The lowest BCUT2D eigenvalue weighted by molar-refractivity contribution is 0.111. The maximum atomic E-state index is 11.0. The Morgan fingerprint density at radius 3 is 0.927 bits per heavy atom. The topological polar surface area (TPSA) is 143 Å². The number of amides is 3. The summed E-state index contributed by atoms with van der Waals surface area (Å²) in [7, 11) is 0. The van der Waals surface area contributed by atoms with Crippen LogP contribution in [0.3, 0.4) is 0 Å². The lowest BCUT2D eigenvalue weighted by atomic mass is 10.4. The van der Waals surface area contributed by atoms with Crippen molar-refractivity contribution in [2.24, 2.45) is 0 Å². The Labute approximate surface area is 264 Å². The first-order valence-corrected chi connectivity index (χ1v) is 16.7. The highest BCUT2D eigenvalue weighted by molar-refractivity contribution is 14.1. The third-order valence-corrected chi connectivity index (χ3v) is 4.12. The first-order valence-electron chi connectivity index (χ1n) is 14.5. The van der Waals surface area contributed by atoms with Crippen molar-refractivity contribution < 1.29 is 44.2 Å². The van der Waals surface area contributed by atoms with E-state index in [4.69, 9.17) is 28.4 Å². The molecule has 0 aromatic heterocycles. The highest BCUT2D eigenvalue weighted by Crippen LogP contribution is 1.90. The lowest BCUT2D eigenvalue weighted by Crippen LogP contribution is -2.36. The van der Waals surface area contributed by atoms with Crippen molar-refractivity contribution in [1.29, 1.82) is 0 Å². The van der Waals surface area contributed by atoms with Gasteiger partial charge in [-0.3, -0.25) is 0 Å². The van der Waals surface area contributed by atoms with Crippen LogP contribution in [0.4, 0.5) is 14.4 Å². The van der Waals surface area contributed by atoms with E-state index in [1.807, 2.05) is 67.2 Å². The molecule has 248 valence electrons. The van der Waals surface area contributed by atoms with Gasteiger partial charge in [0, 0.05) is 19.8 Å². The summed E-state index contributed by atoms with van der Waals surface area (Å²) in [5, 5.41) is 7.99. The average Bonchev–Trinajstić information content (AvgIpc) is 2.96. The standard InChI is InChI=1S/3C9H19NO3.CH3I/c3*1-4-6-13-9(11)10-8(3)7-12-5-2;1-2/h3*8H,4-7H2,1-3H3,(H,10,11);1H3/p+1. The van der Waals surface area contributed by atoms with Gasteiger partial charge >= 0.3 is 19.7 Å². The highest BCUT2D eigenvalue weighted by Gasteiger charge is 2.08. The van der Waals surface area contributed by atoms with Crippen LogP contribution in [0.5, 0.6) is 0 Å². The van der Waals surface area contributed by atoms with E-state index < -0.39 is 0 Å². The van der Waals surface area contributed by atoms with Crippen molar-refractivity contribution in [3.05, 3.63) is 0 Å². The summed E-state index contributed by atoms with van der Waals surface area (Å²) in [5.74, 6) is 0. The molecular formula is C28H61IN3O9+. The number of rotatable bonds is 18. The Morgan fingerprint density at radius 1 is 0.537 bits per heavy atom. The van der Waals surface area contributed by atoms with E-state index in [-0.39, 0.29) is 37.8 Å². The summed E-state index contributed by atoms with van der Waals surface area (Å²) in [6.45, 7) is 22.2. The van der Waals surface area contributed by atoms with Gasteiger partial charge in [0.1, 0.15) is 0 Å². The molecule has 3 amide bonds. The van der Waals surface area contributed by atoms with Gasteiger partial charge in [0.05, 0.1) is 57.8 Å². The van der Waals surface area contributed by atoms with Gasteiger partial charge in [-0.15, -0.1) is 0 Å². The fraction of sp³-hybridized carbons (Fsp3) is 0.893. The summed E-state index contributed by atoms with van der Waals surface area (Å²) in [4.78, 5) is 34.9. The molecular weight excluding hydrogens is 649 g/mol. The first kappa shape index (κ1) is 46.4. The lowest BCUT2D eigenvalue weighted by Gasteiger charge is -2.13. The van der Waals surface area contributed by atoms with E-state index in [0.717, 1.165) is 19.3 Å². The zero-order chi connectivity index (χ0) is 32.3. The molecule has 0 aromatic carbocycles. The quantitative estimate of drug-likeness (QED) is 0.0913. The zero-order valence-electron chi connectivity index (χ0n) is 28.3. The summed E-state index contributed by atoms with van der Waals surface area (Å²) < 4.78 is 29.9. The minimum absolute atomic E-state index is 0. The molecule has 3 atom stereocenters. The minimum atomic E-state index is -0.367. The number of hydrogen-bond donors (Lipinski definition) is 3. The number of carbonyl (C=O) groups is 3. The molecule has 0 spiro atoms. The van der Waals surface area contributed by atoms with E-state index >= 15 is 0 Å². The molecule has 0 bridgehead atoms. The molecule has 0 fully saturated rings. The van der Waals surface area contributed by atoms with Crippen LogP contribution < -0.4 is 16.0 Å². The second kappa shape index (κ2) is 38.4. The number of hydrogen-bond acceptors (Lipinski definition) is 9. The van der Waals surface area contributed by atoms with E-state index in [9.17, 15) is 14.4 Å². The molecule has 0 heterocycles. The Bertz CT molecular complexity index is 507. The number of ether oxygens (including phenoxy) is 6. The molecule has 3 unspecified atom stereocenters. The van der Waals surface area contributed by atoms with Crippen LogP contribution in [0.25, 0.3) is 0 Å². The molecule has 0 aliphatic heterocycles.